The molecule has 0 aliphatic carbocycles. The number of anilines is 1. The van der Waals surface area contributed by atoms with Gasteiger partial charge >= 0.3 is 0 Å². The summed E-state index contributed by atoms with van der Waals surface area (Å²) in [5, 5.41) is 14.1. The third-order valence-electron chi connectivity index (χ3n) is 5.06. The first-order chi connectivity index (χ1) is 14.0. The van der Waals surface area contributed by atoms with Crippen molar-refractivity contribution in [1.82, 2.24) is 19.9 Å². The largest absolute Gasteiger partial charge is 0.380 e. The summed E-state index contributed by atoms with van der Waals surface area (Å²) in [7, 11) is -3.30. The molecule has 1 aliphatic heterocycles. The van der Waals surface area contributed by atoms with Crippen LogP contribution >= 0.6 is 11.3 Å². The highest BCUT2D eigenvalue weighted by Gasteiger charge is 2.23. The van der Waals surface area contributed by atoms with Gasteiger partial charge in [0.25, 0.3) is 0 Å². The number of piperidine rings is 1. The average Bonchev–Trinajstić information content (AvgIpc) is 3.36. The normalized spacial score (nSPS) is 18.0. The second-order valence-corrected chi connectivity index (χ2v) is 10.5. The third-order valence-corrected chi connectivity index (χ3v) is 7.88. The van der Waals surface area contributed by atoms with Crippen LogP contribution in [0.5, 0.6) is 0 Å². The molecule has 29 heavy (non-hydrogen) atoms. The number of H-pyrrole nitrogens is 1. The lowest BCUT2D eigenvalue weighted by Gasteiger charge is -2.33. The van der Waals surface area contributed by atoms with Crippen molar-refractivity contribution in [2.24, 2.45) is 0 Å². The molecular weight excluding hydrogens is 408 g/mol. The Kier molecular flexibility index (Phi) is 5.54. The number of aromatic amines is 1. The Bertz CT molecular complexity index is 1160. The summed E-state index contributed by atoms with van der Waals surface area (Å²) in [6, 6.07) is 4.42. The molecule has 8 nitrogen and oxygen atoms in total. The Labute approximate surface area is 173 Å². The van der Waals surface area contributed by atoms with Gasteiger partial charge in [0, 0.05) is 49.6 Å². The zero-order chi connectivity index (χ0) is 20.4. The fourth-order valence-corrected chi connectivity index (χ4v) is 5.42. The molecule has 152 valence electrons. The lowest BCUT2D eigenvalue weighted by atomic mass is 10.0. The van der Waals surface area contributed by atoms with Crippen molar-refractivity contribution in [1.29, 1.82) is 5.26 Å². The number of thiazole rings is 1. The molecular formula is C19H22N6O2S2. The number of likely N-dealkylation sites (tertiary alicyclic amines) is 1. The Hall–Kier alpha value is -2.48. The number of nitrogens with one attached hydrogen (secondary N) is 2. The number of hydrogen-bond acceptors (Lipinski definition) is 8. The first-order valence-corrected chi connectivity index (χ1v) is 12.1. The second-order valence-electron chi connectivity index (χ2n) is 7.24. The van der Waals surface area contributed by atoms with Crippen LogP contribution in [0.1, 0.15) is 19.3 Å². The van der Waals surface area contributed by atoms with Crippen molar-refractivity contribution in [3.05, 3.63) is 24.7 Å². The van der Waals surface area contributed by atoms with Gasteiger partial charge in [-0.15, -0.1) is 11.3 Å². The molecule has 0 radical (unpaired) electrons. The highest BCUT2D eigenvalue weighted by Crippen LogP contribution is 2.37. The van der Waals surface area contributed by atoms with E-state index in [4.69, 9.17) is 5.26 Å². The molecule has 1 aliphatic rings. The van der Waals surface area contributed by atoms with Crippen LogP contribution in [0.2, 0.25) is 0 Å². The maximum Gasteiger partial charge on any atom is 0.186 e. The monoisotopic (exact) mass is 430 g/mol. The summed E-state index contributed by atoms with van der Waals surface area (Å²) in [6.07, 6.45) is 8.81. The maximum atomic E-state index is 11.9. The van der Waals surface area contributed by atoms with Gasteiger partial charge in [-0.3, -0.25) is 0 Å². The van der Waals surface area contributed by atoms with Crippen molar-refractivity contribution in [2.45, 2.75) is 29.5 Å². The van der Waals surface area contributed by atoms with Crippen LogP contribution in [0, 0.1) is 11.3 Å². The quantitative estimate of drug-likeness (QED) is 0.618. The van der Waals surface area contributed by atoms with Gasteiger partial charge in [0.1, 0.15) is 14.9 Å². The van der Waals surface area contributed by atoms with Gasteiger partial charge in [0.05, 0.1) is 23.5 Å². The van der Waals surface area contributed by atoms with Crippen LogP contribution in [0.25, 0.3) is 21.6 Å². The molecule has 3 aromatic rings. The van der Waals surface area contributed by atoms with Crippen LogP contribution in [0.3, 0.4) is 0 Å². The van der Waals surface area contributed by atoms with E-state index in [1.54, 1.807) is 6.20 Å². The van der Waals surface area contributed by atoms with Crippen molar-refractivity contribution >= 4 is 37.9 Å². The molecule has 3 aromatic heterocycles. The number of sulfone groups is 1. The van der Waals surface area contributed by atoms with Crippen molar-refractivity contribution in [2.75, 3.05) is 31.2 Å². The van der Waals surface area contributed by atoms with Gasteiger partial charge in [-0.05, 0) is 25.5 Å². The lowest BCUT2D eigenvalue weighted by molar-refractivity contribution is 0.221. The maximum absolute atomic E-state index is 11.9. The van der Waals surface area contributed by atoms with E-state index in [1.165, 1.54) is 12.5 Å². The van der Waals surface area contributed by atoms with Gasteiger partial charge < -0.3 is 15.2 Å². The molecule has 0 amide bonds. The number of fused-ring (bicyclic) bond motifs is 1. The highest BCUT2D eigenvalue weighted by atomic mass is 32.2. The molecule has 0 unspecified atom stereocenters. The molecule has 1 fully saturated rings. The fraction of sp³-hybridized carbons (Fsp3) is 0.421. The van der Waals surface area contributed by atoms with Crippen LogP contribution < -0.4 is 5.32 Å². The molecule has 0 bridgehead atoms. The molecule has 4 rings (SSSR count). The van der Waals surface area contributed by atoms with Gasteiger partial charge in [-0.2, -0.15) is 5.26 Å². The molecule has 0 spiro atoms. The van der Waals surface area contributed by atoms with Gasteiger partial charge in [-0.25, -0.2) is 18.4 Å². The Balaban J connectivity index is 1.68. The summed E-state index contributed by atoms with van der Waals surface area (Å²) in [5.74, 6) is 0. The van der Waals surface area contributed by atoms with Crippen LogP contribution in [-0.2, 0) is 9.84 Å². The van der Waals surface area contributed by atoms with Crippen molar-refractivity contribution in [3.8, 4) is 16.6 Å². The molecule has 1 saturated heterocycles. The minimum absolute atomic E-state index is 0.232. The second kappa shape index (κ2) is 8.10. The van der Waals surface area contributed by atoms with Gasteiger partial charge in [-0.1, -0.05) is 0 Å². The molecule has 10 heteroatoms. The number of nitriles is 1. The predicted molar refractivity (Wildman–Crippen MR) is 114 cm³/mol. The first kappa shape index (κ1) is 19.8. The first-order valence-electron chi connectivity index (χ1n) is 9.44. The van der Waals surface area contributed by atoms with E-state index in [-0.39, 0.29) is 10.3 Å². The average molecular weight is 431 g/mol. The summed E-state index contributed by atoms with van der Waals surface area (Å²) >= 11 is 1.16. The highest BCUT2D eigenvalue weighted by molar-refractivity contribution is 7.92. The zero-order valence-corrected chi connectivity index (χ0v) is 17.7. The third kappa shape index (κ3) is 4.27. The number of aromatic nitrogens is 3. The van der Waals surface area contributed by atoms with E-state index in [0.29, 0.717) is 11.4 Å². The molecule has 0 saturated carbocycles. The minimum atomic E-state index is -3.30. The topological polar surface area (TPSA) is 115 Å². The van der Waals surface area contributed by atoms with E-state index in [9.17, 15) is 8.42 Å². The van der Waals surface area contributed by atoms with E-state index in [0.717, 1.165) is 66.1 Å². The Morgan fingerprint density at radius 1 is 1.41 bits per heavy atom. The summed E-state index contributed by atoms with van der Waals surface area (Å²) in [6.45, 7) is 2.65. The minimum Gasteiger partial charge on any atom is -0.380 e. The molecule has 1 atom stereocenters. The van der Waals surface area contributed by atoms with Crippen LogP contribution in [-0.4, -0.2) is 60.2 Å². The molecule has 2 N–H and O–H groups in total. The number of rotatable bonds is 6. The van der Waals surface area contributed by atoms with Gasteiger partial charge in [0.15, 0.2) is 9.84 Å². The van der Waals surface area contributed by atoms with E-state index in [1.807, 2.05) is 12.3 Å². The Morgan fingerprint density at radius 3 is 3.03 bits per heavy atom. The standard InChI is InChI=1S/C19H22N6O2S2/c1-29(26,27)16-11-23-19(28-16)15-10-22-18-14(5-7-21-18)17(15)24-13-4-2-8-25(12-13)9-3-6-20/h5,7,10-11,13H,2-4,8-9,12H2,1H3,(H2,21,22,24)/t13-/m1/s1. The lowest BCUT2D eigenvalue weighted by Crippen LogP contribution is -2.42. The summed E-state index contributed by atoms with van der Waals surface area (Å²) in [4.78, 5) is 14.3. The predicted octanol–water partition coefficient (Wildman–Crippen LogP) is 2.88. The van der Waals surface area contributed by atoms with Crippen molar-refractivity contribution < 1.29 is 8.42 Å². The summed E-state index contributed by atoms with van der Waals surface area (Å²) in [5.41, 5.74) is 2.48. The number of pyridine rings is 1. The van der Waals surface area contributed by atoms with Gasteiger partial charge in [0.2, 0.25) is 0 Å². The van der Waals surface area contributed by atoms with E-state index < -0.39 is 9.84 Å². The SMILES string of the molecule is CS(=O)(=O)c1cnc(-c2cnc3[nH]ccc3c2N[C@@H]2CCCN(CCC#N)C2)s1. The Morgan fingerprint density at radius 2 is 2.28 bits per heavy atom. The molecule has 0 aromatic carbocycles. The van der Waals surface area contributed by atoms with E-state index in [2.05, 4.69) is 31.2 Å². The zero-order valence-electron chi connectivity index (χ0n) is 16.1. The fourth-order valence-electron chi connectivity index (χ4n) is 3.67. The van der Waals surface area contributed by atoms with Crippen LogP contribution in [0.4, 0.5) is 5.69 Å². The van der Waals surface area contributed by atoms with E-state index >= 15 is 0 Å². The number of hydrogen-bond donors (Lipinski definition) is 2. The summed E-state index contributed by atoms with van der Waals surface area (Å²) < 4.78 is 24.0. The molecule has 4 heterocycles. The smallest absolute Gasteiger partial charge is 0.186 e. The van der Waals surface area contributed by atoms with Crippen molar-refractivity contribution in [3.63, 3.8) is 0 Å². The van der Waals surface area contributed by atoms with Crippen LogP contribution in [0.15, 0.2) is 28.9 Å². The number of nitrogens with zero attached hydrogens (tertiary/aromatic N) is 4.